The SMILES string of the molecule is O=P(O)(O)CP(=O)(O)OP(=O)(O)O. The Morgan fingerprint density at radius 2 is 1.31 bits per heavy atom. The topological polar surface area (TPSA) is 162 Å². The summed E-state index contributed by atoms with van der Waals surface area (Å²) in [5, 5.41) is 0. The van der Waals surface area contributed by atoms with Gasteiger partial charge < -0.3 is 24.5 Å². The molecule has 0 aromatic heterocycles. The van der Waals surface area contributed by atoms with Gasteiger partial charge in [-0.05, 0) is 0 Å². The molecule has 0 spiro atoms. The van der Waals surface area contributed by atoms with Gasteiger partial charge >= 0.3 is 23.0 Å². The van der Waals surface area contributed by atoms with Crippen LogP contribution in [0.15, 0.2) is 0 Å². The summed E-state index contributed by atoms with van der Waals surface area (Å²) in [6.45, 7) is 0. The largest absolute Gasteiger partial charge is 0.476 e. The summed E-state index contributed by atoms with van der Waals surface area (Å²) in [7, 11) is -15.0. The van der Waals surface area contributed by atoms with E-state index >= 15 is 0 Å². The molecule has 0 radical (unpaired) electrons. The molecule has 80 valence electrons. The minimum atomic E-state index is -5.23. The minimum Gasteiger partial charge on any atom is -0.324 e. The van der Waals surface area contributed by atoms with Crippen molar-refractivity contribution in [3.8, 4) is 0 Å². The second kappa shape index (κ2) is 3.90. The van der Waals surface area contributed by atoms with E-state index in [0.717, 1.165) is 0 Å². The maximum Gasteiger partial charge on any atom is 0.476 e. The summed E-state index contributed by atoms with van der Waals surface area (Å²) in [6.07, 6.45) is 0. The van der Waals surface area contributed by atoms with Gasteiger partial charge in [0.1, 0.15) is 0 Å². The monoisotopic (exact) mass is 256 g/mol. The Morgan fingerprint density at radius 1 is 0.923 bits per heavy atom. The maximum absolute atomic E-state index is 10.6. The maximum atomic E-state index is 10.6. The Kier molecular flexibility index (Phi) is 4.04. The van der Waals surface area contributed by atoms with Gasteiger partial charge in [0.05, 0.1) is 0 Å². The predicted octanol–water partition coefficient (Wildman–Crippen LogP) is -0.584. The van der Waals surface area contributed by atoms with E-state index in [2.05, 4.69) is 4.31 Å². The molecule has 12 heteroatoms. The highest BCUT2D eigenvalue weighted by Crippen LogP contribution is 2.63. The highest BCUT2D eigenvalue weighted by atomic mass is 31.3. The quantitative estimate of drug-likeness (QED) is 0.414. The third-order valence-corrected chi connectivity index (χ3v) is 5.37. The van der Waals surface area contributed by atoms with Crippen LogP contribution in [0.5, 0.6) is 0 Å². The molecule has 0 bridgehead atoms. The molecule has 0 saturated heterocycles. The third kappa shape index (κ3) is 8.77. The van der Waals surface area contributed by atoms with Crippen LogP contribution in [-0.2, 0) is 18.0 Å². The molecule has 0 rings (SSSR count). The lowest BCUT2D eigenvalue weighted by Gasteiger charge is -2.12. The number of rotatable bonds is 4. The molecule has 1 unspecified atom stereocenters. The van der Waals surface area contributed by atoms with Crippen LogP contribution in [0.1, 0.15) is 0 Å². The summed E-state index contributed by atoms with van der Waals surface area (Å²) in [4.78, 5) is 41.0. The second-order valence-corrected chi connectivity index (χ2v) is 7.39. The van der Waals surface area contributed by atoms with Gasteiger partial charge in [-0.25, -0.2) is 8.88 Å². The fourth-order valence-electron chi connectivity index (χ4n) is 0.425. The lowest BCUT2D eigenvalue weighted by Crippen LogP contribution is -1.94. The molecule has 9 nitrogen and oxygen atoms in total. The number of phosphoric acid groups is 1. The molecular weight excluding hydrogens is 249 g/mol. The summed E-state index contributed by atoms with van der Waals surface area (Å²) < 4.78 is 34.1. The highest BCUT2D eigenvalue weighted by Gasteiger charge is 2.36. The summed E-state index contributed by atoms with van der Waals surface area (Å²) in [5.41, 5.74) is 0. The molecule has 5 N–H and O–H groups in total. The van der Waals surface area contributed by atoms with Gasteiger partial charge in [-0.3, -0.25) is 9.13 Å². The van der Waals surface area contributed by atoms with Gasteiger partial charge in [0.15, 0.2) is 5.90 Å². The van der Waals surface area contributed by atoms with Crippen LogP contribution in [-0.4, -0.2) is 30.4 Å². The van der Waals surface area contributed by atoms with Crippen molar-refractivity contribution in [2.45, 2.75) is 0 Å². The Labute approximate surface area is 72.3 Å². The van der Waals surface area contributed by atoms with Crippen molar-refractivity contribution in [1.29, 1.82) is 0 Å². The Morgan fingerprint density at radius 3 is 1.54 bits per heavy atom. The zero-order valence-electron chi connectivity index (χ0n) is 5.92. The molecule has 0 aliphatic heterocycles. The number of hydrogen-bond donors (Lipinski definition) is 5. The first-order valence-corrected chi connectivity index (χ1v) is 7.64. The highest BCUT2D eigenvalue weighted by molar-refractivity contribution is 7.73. The molecule has 0 heterocycles. The fourth-order valence-corrected chi connectivity index (χ4v) is 4.29. The molecule has 0 aliphatic carbocycles. The lowest BCUT2D eigenvalue weighted by atomic mass is 11.9. The predicted molar refractivity (Wildman–Crippen MR) is 39.9 cm³/mol. The Bertz CT molecular complexity index is 277. The molecule has 0 amide bonds. The van der Waals surface area contributed by atoms with E-state index in [0.29, 0.717) is 0 Å². The molecule has 1 atom stereocenters. The fraction of sp³-hybridized carbons (Fsp3) is 1.00. The van der Waals surface area contributed by atoms with Gasteiger partial charge in [0.2, 0.25) is 0 Å². The van der Waals surface area contributed by atoms with Gasteiger partial charge in [0.25, 0.3) is 0 Å². The minimum absolute atomic E-state index is 1.63. The molecular formula is CH7O9P3. The average molecular weight is 256 g/mol. The van der Waals surface area contributed by atoms with Crippen molar-refractivity contribution >= 4 is 23.0 Å². The van der Waals surface area contributed by atoms with Crippen LogP contribution in [0.4, 0.5) is 0 Å². The van der Waals surface area contributed by atoms with E-state index in [1.54, 1.807) is 0 Å². The molecule has 0 aliphatic rings. The van der Waals surface area contributed by atoms with Gasteiger partial charge in [-0.2, -0.15) is 0 Å². The lowest BCUT2D eigenvalue weighted by molar-refractivity contribution is 0.264. The average Bonchev–Trinajstić information content (AvgIpc) is 1.43. The molecule has 0 aromatic carbocycles. The van der Waals surface area contributed by atoms with E-state index < -0.39 is 28.9 Å². The van der Waals surface area contributed by atoms with Crippen molar-refractivity contribution in [3.63, 3.8) is 0 Å². The second-order valence-electron chi connectivity index (χ2n) is 2.02. The zero-order valence-corrected chi connectivity index (χ0v) is 8.60. The van der Waals surface area contributed by atoms with Crippen molar-refractivity contribution in [2.75, 3.05) is 5.90 Å². The van der Waals surface area contributed by atoms with Gasteiger partial charge in [-0.1, -0.05) is 0 Å². The first kappa shape index (κ1) is 13.4. The van der Waals surface area contributed by atoms with E-state index in [1.807, 2.05) is 0 Å². The normalized spacial score (nSPS) is 18.2. The van der Waals surface area contributed by atoms with Crippen molar-refractivity contribution in [1.82, 2.24) is 0 Å². The van der Waals surface area contributed by atoms with Crippen LogP contribution >= 0.6 is 23.0 Å². The molecule has 0 fully saturated rings. The van der Waals surface area contributed by atoms with E-state index in [-0.39, 0.29) is 0 Å². The van der Waals surface area contributed by atoms with Crippen molar-refractivity contribution in [2.24, 2.45) is 0 Å². The van der Waals surface area contributed by atoms with Crippen molar-refractivity contribution in [3.05, 3.63) is 0 Å². The first-order chi connectivity index (χ1) is 5.41. The van der Waals surface area contributed by atoms with Crippen LogP contribution in [0.25, 0.3) is 0 Å². The summed E-state index contributed by atoms with van der Waals surface area (Å²) in [5.74, 6) is -1.63. The van der Waals surface area contributed by atoms with Gasteiger partial charge in [-0.15, -0.1) is 0 Å². The van der Waals surface area contributed by atoms with Crippen LogP contribution < -0.4 is 0 Å². The van der Waals surface area contributed by atoms with Crippen LogP contribution in [0.3, 0.4) is 0 Å². The van der Waals surface area contributed by atoms with Crippen LogP contribution in [0, 0.1) is 0 Å². The molecule has 0 aromatic rings. The Balaban J connectivity index is 4.54. The number of hydrogen-bond acceptors (Lipinski definition) is 4. The third-order valence-electron chi connectivity index (χ3n) is 0.597. The van der Waals surface area contributed by atoms with Crippen molar-refractivity contribution < 1.29 is 42.5 Å². The smallest absolute Gasteiger partial charge is 0.324 e. The van der Waals surface area contributed by atoms with E-state index in [9.17, 15) is 13.7 Å². The summed E-state index contributed by atoms with van der Waals surface area (Å²) in [6, 6.07) is 0. The molecule has 0 saturated carbocycles. The Hall–Kier alpha value is 0.450. The first-order valence-electron chi connectivity index (χ1n) is 2.55. The summed E-state index contributed by atoms with van der Waals surface area (Å²) >= 11 is 0. The van der Waals surface area contributed by atoms with Crippen LogP contribution in [0.2, 0.25) is 0 Å². The zero-order chi connectivity index (χ0) is 10.9. The van der Waals surface area contributed by atoms with Gasteiger partial charge in [0, 0.05) is 0 Å². The van der Waals surface area contributed by atoms with E-state index in [4.69, 9.17) is 24.5 Å². The molecule has 13 heavy (non-hydrogen) atoms. The van der Waals surface area contributed by atoms with E-state index in [1.165, 1.54) is 0 Å². The standard InChI is InChI=1S/CH7O9P3/c2-11(3,4)1-12(5,6)10-13(7,8)9/h1H2,(H,5,6)(H2,2,3,4)(H2,7,8,9).